The number of nitrogens with zero attached hydrogens (tertiary/aromatic N) is 3. The third kappa shape index (κ3) is 2.72. The molecule has 0 saturated heterocycles. The van der Waals surface area contributed by atoms with Crippen molar-refractivity contribution in [2.75, 3.05) is 7.11 Å². The van der Waals surface area contributed by atoms with E-state index in [1.54, 1.807) is 19.4 Å². The predicted octanol–water partition coefficient (Wildman–Crippen LogP) is 3.19. The van der Waals surface area contributed by atoms with Gasteiger partial charge in [0.25, 0.3) is 0 Å². The van der Waals surface area contributed by atoms with Crippen LogP contribution < -0.4 is 4.74 Å². The van der Waals surface area contributed by atoms with Crippen LogP contribution in [0.25, 0.3) is 33.5 Å². The van der Waals surface area contributed by atoms with E-state index in [1.165, 1.54) is 0 Å². The number of fused-ring (bicyclic) bond motifs is 1. The molecule has 0 unspecified atom stereocenters. The molecule has 0 aliphatic carbocycles. The first-order valence-electron chi connectivity index (χ1n) is 7.85. The number of methoxy groups -OCH3 is 1. The highest BCUT2D eigenvalue weighted by Gasteiger charge is 2.14. The van der Waals surface area contributed by atoms with Crippen molar-refractivity contribution in [2.45, 2.75) is 6.61 Å². The second-order valence-electron chi connectivity index (χ2n) is 5.57. The molecule has 0 spiro atoms. The molecule has 0 saturated carbocycles. The lowest BCUT2D eigenvalue weighted by Gasteiger charge is -2.07. The van der Waals surface area contributed by atoms with E-state index in [2.05, 4.69) is 20.2 Å². The molecule has 0 radical (unpaired) electrons. The van der Waals surface area contributed by atoms with E-state index in [1.807, 2.05) is 42.5 Å². The summed E-state index contributed by atoms with van der Waals surface area (Å²) in [6.07, 6.45) is 1.73. The molecule has 6 nitrogen and oxygen atoms in total. The first-order valence-corrected chi connectivity index (χ1v) is 7.85. The van der Waals surface area contributed by atoms with Gasteiger partial charge in [-0.3, -0.25) is 10.1 Å². The van der Waals surface area contributed by atoms with Crippen molar-refractivity contribution in [1.29, 1.82) is 0 Å². The van der Waals surface area contributed by atoms with Crippen LogP contribution in [-0.2, 0) is 6.61 Å². The molecule has 3 aromatic heterocycles. The normalized spacial score (nSPS) is 11.0. The molecule has 3 heterocycles. The first kappa shape index (κ1) is 15.3. The lowest BCUT2D eigenvalue weighted by atomic mass is 10.1. The zero-order valence-electron chi connectivity index (χ0n) is 13.6. The average Bonchev–Trinajstić information content (AvgIpc) is 3.11. The summed E-state index contributed by atoms with van der Waals surface area (Å²) in [5.74, 6) is 0.763. The van der Waals surface area contributed by atoms with Gasteiger partial charge >= 0.3 is 0 Å². The minimum atomic E-state index is -0.0955. The molecule has 0 amide bonds. The quantitative estimate of drug-likeness (QED) is 0.599. The lowest BCUT2D eigenvalue weighted by Crippen LogP contribution is -1.92. The summed E-state index contributed by atoms with van der Waals surface area (Å²) >= 11 is 0. The Morgan fingerprint density at radius 2 is 2.00 bits per heavy atom. The largest absolute Gasteiger partial charge is 0.496 e. The maximum atomic E-state index is 9.29. The fourth-order valence-electron chi connectivity index (χ4n) is 2.82. The Kier molecular flexibility index (Phi) is 3.87. The van der Waals surface area contributed by atoms with E-state index >= 15 is 0 Å². The van der Waals surface area contributed by atoms with Gasteiger partial charge in [0.05, 0.1) is 30.8 Å². The van der Waals surface area contributed by atoms with Gasteiger partial charge in [0.1, 0.15) is 5.75 Å². The zero-order chi connectivity index (χ0) is 17.2. The fourth-order valence-corrected chi connectivity index (χ4v) is 2.82. The fraction of sp³-hybridized carbons (Fsp3) is 0.105. The van der Waals surface area contributed by atoms with Crippen LogP contribution in [0.4, 0.5) is 0 Å². The van der Waals surface area contributed by atoms with Gasteiger partial charge in [0.15, 0.2) is 5.65 Å². The first-order chi connectivity index (χ1) is 12.3. The van der Waals surface area contributed by atoms with Crippen molar-refractivity contribution < 1.29 is 9.84 Å². The van der Waals surface area contributed by atoms with Crippen LogP contribution in [0, 0.1) is 0 Å². The Morgan fingerprint density at radius 3 is 2.84 bits per heavy atom. The maximum Gasteiger partial charge on any atom is 0.181 e. The number of aromatic amines is 1. The highest BCUT2D eigenvalue weighted by atomic mass is 16.5. The highest BCUT2D eigenvalue weighted by molar-refractivity contribution is 5.94. The Morgan fingerprint density at radius 1 is 1.12 bits per heavy atom. The molecule has 0 aliphatic rings. The van der Waals surface area contributed by atoms with Crippen molar-refractivity contribution in [2.24, 2.45) is 0 Å². The number of hydrogen-bond donors (Lipinski definition) is 2. The third-order valence-electron chi connectivity index (χ3n) is 4.05. The molecule has 6 heteroatoms. The second-order valence-corrected chi connectivity index (χ2v) is 5.57. The van der Waals surface area contributed by atoms with E-state index in [0.29, 0.717) is 11.3 Å². The molecule has 0 aliphatic heterocycles. The summed E-state index contributed by atoms with van der Waals surface area (Å²) in [4.78, 5) is 8.87. The van der Waals surface area contributed by atoms with Crippen LogP contribution in [0.5, 0.6) is 5.75 Å². The Hall–Kier alpha value is -3.25. The third-order valence-corrected chi connectivity index (χ3v) is 4.05. The highest BCUT2D eigenvalue weighted by Crippen LogP contribution is 2.34. The van der Waals surface area contributed by atoms with Crippen molar-refractivity contribution in [1.82, 2.24) is 20.2 Å². The van der Waals surface area contributed by atoms with Gasteiger partial charge in [-0.15, -0.1) is 0 Å². The lowest BCUT2D eigenvalue weighted by molar-refractivity contribution is 0.277. The number of rotatable bonds is 4. The van der Waals surface area contributed by atoms with E-state index in [-0.39, 0.29) is 6.61 Å². The summed E-state index contributed by atoms with van der Waals surface area (Å²) in [6.45, 7) is -0.0955. The molecule has 2 N–H and O–H groups in total. The summed E-state index contributed by atoms with van der Waals surface area (Å²) < 4.78 is 5.45. The average molecular weight is 332 g/mol. The summed E-state index contributed by atoms with van der Waals surface area (Å²) in [6, 6.07) is 15.3. The number of aromatic nitrogens is 4. The summed E-state index contributed by atoms with van der Waals surface area (Å²) in [7, 11) is 1.64. The number of H-pyrrole nitrogens is 1. The van der Waals surface area contributed by atoms with Crippen molar-refractivity contribution in [3.8, 4) is 28.3 Å². The van der Waals surface area contributed by atoms with E-state index in [4.69, 9.17) is 4.74 Å². The van der Waals surface area contributed by atoms with Gasteiger partial charge in [-0.1, -0.05) is 18.2 Å². The van der Waals surface area contributed by atoms with Crippen LogP contribution in [0.1, 0.15) is 5.69 Å². The minimum Gasteiger partial charge on any atom is -0.496 e. The maximum absolute atomic E-state index is 9.29. The van der Waals surface area contributed by atoms with Crippen molar-refractivity contribution in [3.63, 3.8) is 0 Å². The zero-order valence-corrected chi connectivity index (χ0v) is 13.6. The van der Waals surface area contributed by atoms with Crippen LogP contribution in [-0.4, -0.2) is 32.4 Å². The topological polar surface area (TPSA) is 83.9 Å². The standard InChI is InChI=1S/C19H16N4O2/c1-25-17-8-3-2-6-14(17)18-15-9-12(10-20-19(15)23-22-18)16-7-4-5-13(11-24)21-16/h2-10,24H,11H2,1H3,(H,20,22,23). The van der Waals surface area contributed by atoms with Crippen molar-refractivity contribution >= 4 is 11.0 Å². The number of para-hydroxylation sites is 1. The smallest absolute Gasteiger partial charge is 0.181 e. The number of hydrogen-bond acceptors (Lipinski definition) is 5. The molecule has 124 valence electrons. The molecule has 4 aromatic rings. The number of pyridine rings is 2. The van der Waals surface area contributed by atoms with E-state index in [0.717, 1.165) is 33.7 Å². The second kappa shape index (κ2) is 6.33. The van der Waals surface area contributed by atoms with Gasteiger partial charge in [0, 0.05) is 22.7 Å². The number of ether oxygens (including phenoxy) is 1. The SMILES string of the molecule is COc1ccccc1-c1[nH]nc2ncc(-c3cccc(CO)n3)cc12. The van der Waals surface area contributed by atoms with E-state index < -0.39 is 0 Å². The van der Waals surface area contributed by atoms with Crippen LogP contribution >= 0.6 is 0 Å². The van der Waals surface area contributed by atoms with Crippen molar-refractivity contribution in [3.05, 3.63) is 60.4 Å². The van der Waals surface area contributed by atoms with E-state index in [9.17, 15) is 5.11 Å². The van der Waals surface area contributed by atoms with Gasteiger partial charge in [0.2, 0.25) is 0 Å². The van der Waals surface area contributed by atoms with Crippen LogP contribution in [0.3, 0.4) is 0 Å². The molecule has 0 fully saturated rings. The molecule has 0 bridgehead atoms. The van der Waals surface area contributed by atoms with Crippen LogP contribution in [0.2, 0.25) is 0 Å². The Bertz CT molecular complexity index is 1040. The Balaban J connectivity index is 1.88. The van der Waals surface area contributed by atoms with Gasteiger partial charge in [-0.25, -0.2) is 4.98 Å². The summed E-state index contributed by atoms with van der Waals surface area (Å²) in [5.41, 5.74) is 4.63. The van der Waals surface area contributed by atoms with Gasteiger partial charge < -0.3 is 9.84 Å². The van der Waals surface area contributed by atoms with Gasteiger partial charge in [-0.2, -0.15) is 5.10 Å². The summed E-state index contributed by atoms with van der Waals surface area (Å²) in [5, 5.41) is 17.5. The molecular formula is C19H16N4O2. The number of aliphatic hydroxyl groups is 1. The Labute approximate surface area is 144 Å². The number of aliphatic hydroxyl groups excluding tert-OH is 1. The predicted molar refractivity (Wildman–Crippen MR) is 95.0 cm³/mol. The van der Waals surface area contributed by atoms with Crippen LogP contribution in [0.15, 0.2) is 54.7 Å². The molecule has 0 atom stereocenters. The molecule has 4 rings (SSSR count). The monoisotopic (exact) mass is 332 g/mol. The molecular weight excluding hydrogens is 316 g/mol. The molecule has 25 heavy (non-hydrogen) atoms. The minimum absolute atomic E-state index is 0.0955. The number of benzene rings is 1. The van der Waals surface area contributed by atoms with Gasteiger partial charge in [-0.05, 0) is 30.3 Å². The number of nitrogens with one attached hydrogen (secondary N) is 1. The molecule has 1 aromatic carbocycles.